The van der Waals surface area contributed by atoms with Crippen molar-refractivity contribution in [2.24, 2.45) is 11.8 Å². The highest BCUT2D eigenvalue weighted by Crippen LogP contribution is 2.34. The van der Waals surface area contributed by atoms with E-state index in [9.17, 15) is 13.2 Å². The Hall–Kier alpha value is -0.620. The van der Waals surface area contributed by atoms with Gasteiger partial charge in [-0.15, -0.1) is 0 Å². The summed E-state index contributed by atoms with van der Waals surface area (Å²) in [5, 5.41) is -0.141. The van der Waals surface area contributed by atoms with Crippen molar-refractivity contribution in [3.05, 3.63) is 0 Å². The fourth-order valence-corrected chi connectivity index (χ4v) is 6.01. The molecule has 3 aliphatic rings. The summed E-state index contributed by atoms with van der Waals surface area (Å²) in [5.74, 6) is 1.26. The lowest BCUT2D eigenvalue weighted by Gasteiger charge is -2.37. The van der Waals surface area contributed by atoms with Crippen LogP contribution in [0.3, 0.4) is 0 Å². The molecule has 0 N–H and O–H groups in total. The molecule has 1 heterocycles. The molecule has 1 aliphatic heterocycles. The smallest absolute Gasteiger partial charge is 0.225 e. The highest BCUT2D eigenvalue weighted by Gasteiger charge is 2.41. The largest absolute Gasteiger partial charge is 0.340 e. The maximum Gasteiger partial charge on any atom is 0.225 e. The van der Waals surface area contributed by atoms with Gasteiger partial charge in [-0.25, -0.2) is 8.42 Å². The van der Waals surface area contributed by atoms with E-state index in [0.717, 1.165) is 31.6 Å². The third-order valence-corrected chi connectivity index (χ3v) is 8.42. The van der Waals surface area contributed by atoms with E-state index in [1.54, 1.807) is 4.31 Å². The van der Waals surface area contributed by atoms with Gasteiger partial charge in [0.1, 0.15) is 0 Å². The average molecular weight is 357 g/mol. The minimum absolute atomic E-state index is 0.141. The van der Waals surface area contributed by atoms with Crippen molar-refractivity contribution in [3.8, 4) is 0 Å². The van der Waals surface area contributed by atoms with Gasteiger partial charge < -0.3 is 4.90 Å². The molecule has 0 unspecified atom stereocenters. The molecular formula is C18H32N2O3S. The number of piperazine rings is 1. The normalized spacial score (nSPS) is 29.6. The lowest BCUT2D eigenvalue weighted by Crippen LogP contribution is -2.52. The maximum atomic E-state index is 12.7. The SMILES string of the molecule is CCCCC1CCC(C(=O)N2CCN(S(=O)(=O)C3CC3)CC2)CC1. The quantitative estimate of drug-likeness (QED) is 0.735. The molecule has 0 atom stereocenters. The molecular weight excluding hydrogens is 324 g/mol. The molecule has 1 saturated heterocycles. The van der Waals surface area contributed by atoms with Crippen molar-refractivity contribution in [2.75, 3.05) is 26.2 Å². The zero-order valence-electron chi connectivity index (χ0n) is 15.0. The predicted octanol–water partition coefficient (Wildman–Crippen LogP) is 2.62. The van der Waals surface area contributed by atoms with E-state index in [-0.39, 0.29) is 17.1 Å². The maximum absolute atomic E-state index is 12.7. The number of nitrogens with zero attached hydrogens (tertiary/aromatic N) is 2. The Morgan fingerprint density at radius 2 is 1.58 bits per heavy atom. The van der Waals surface area contributed by atoms with Crippen LogP contribution in [0.5, 0.6) is 0 Å². The molecule has 0 aromatic heterocycles. The number of sulfonamides is 1. The van der Waals surface area contributed by atoms with E-state index in [1.807, 2.05) is 4.90 Å². The summed E-state index contributed by atoms with van der Waals surface area (Å²) in [7, 11) is -3.08. The van der Waals surface area contributed by atoms with Crippen LogP contribution >= 0.6 is 0 Å². The minimum Gasteiger partial charge on any atom is -0.340 e. The van der Waals surface area contributed by atoms with E-state index in [0.29, 0.717) is 26.2 Å². The Labute approximate surface area is 146 Å². The van der Waals surface area contributed by atoms with Crippen molar-refractivity contribution in [2.45, 2.75) is 70.0 Å². The van der Waals surface area contributed by atoms with Gasteiger partial charge in [-0.1, -0.05) is 26.2 Å². The van der Waals surface area contributed by atoms with E-state index in [2.05, 4.69) is 6.92 Å². The van der Waals surface area contributed by atoms with E-state index in [1.165, 1.54) is 32.1 Å². The molecule has 0 radical (unpaired) electrons. The van der Waals surface area contributed by atoms with E-state index in [4.69, 9.17) is 0 Å². The molecule has 0 bridgehead atoms. The second-order valence-corrected chi connectivity index (χ2v) is 10.0. The number of amides is 1. The summed E-state index contributed by atoms with van der Waals surface area (Å²) < 4.78 is 26.1. The topological polar surface area (TPSA) is 57.7 Å². The number of carbonyl (C=O) groups is 1. The van der Waals surface area contributed by atoms with Crippen LogP contribution in [0, 0.1) is 11.8 Å². The number of rotatable bonds is 6. The van der Waals surface area contributed by atoms with Crippen molar-refractivity contribution in [1.29, 1.82) is 0 Å². The summed E-state index contributed by atoms with van der Waals surface area (Å²) in [6.45, 7) is 4.34. The van der Waals surface area contributed by atoms with Gasteiger partial charge in [-0.05, 0) is 44.4 Å². The van der Waals surface area contributed by atoms with Gasteiger partial charge in [0.25, 0.3) is 0 Å². The summed E-state index contributed by atoms with van der Waals surface area (Å²) in [6, 6.07) is 0. The first kappa shape index (κ1) is 18.2. The number of unbranched alkanes of at least 4 members (excludes halogenated alkanes) is 1. The van der Waals surface area contributed by atoms with Crippen LogP contribution in [-0.2, 0) is 14.8 Å². The highest BCUT2D eigenvalue weighted by atomic mass is 32.2. The standard InChI is InChI=1S/C18H32N2O3S/c1-2-3-4-15-5-7-16(8-6-15)18(21)19-11-13-20(14-12-19)24(22,23)17-9-10-17/h15-17H,2-14H2,1H3. The first-order valence-corrected chi connectivity index (χ1v) is 11.3. The third kappa shape index (κ3) is 4.13. The molecule has 2 aliphatic carbocycles. The van der Waals surface area contributed by atoms with Gasteiger partial charge in [0.15, 0.2) is 0 Å². The fourth-order valence-electron chi connectivity index (χ4n) is 4.19. The average Bonchev–Trinajstić information content (AvgIpc) is 3.45. The van der Waals surface area contributed by atoms with Crippen molar-refractivity contribution >= 4 is 15.9 Å². The van der Waals surface area contributed by atoms with Crippen molar-refractivity contribution in [1.82, 2.24) is 9.21 Å². The second kappa shape index (κ2) is 7.73. The van der Waals surface area contributed by atoms with Crippen LogP contribution in [0.2, 0.25) is 0 Å². The van der Waals surface area contributed by atoms with Crippen LogP contribution in [0.25, 0.3) is 0 Å². The second-order valence-electron chi connectivity index (χ2n) is 7.83. The van der Waals surface area contributed by atoms with Gasteiger partial charge in [-0.2, -0.15) is 4.31 Å². The Morgan fingerprint density at radius 3 is 2.12 bits per heavy atom. The van der Waals surface area contributed by atoms with Gasteiger partial charge in [-0.3, -0.25) is 4.79 Å². The van der Waals surface area contributed by atoms with Crippen LogP contribution in [0.15, 0.2) is 0 Å². The molecule has 0 spiro atoms. The zero-order valence-corrected chi connectivity index (χ0v) is 15.8. The Balaban J connectivity index is 1.44. The molecule has 5 nitrogen and oxygen atoms in total. The predicted molar refractivity (Wildman–Crippen MR) is 95.1 cm³/mol. The van der Waals surface area contributed by atoms with Crippen LogP contribution < -0.4 is 0 Å². The van der Waals surface area contributed by atoms with Crippen molar-refractivity contribution < 1.29 is 13.2 Å². The molecule has 138 valence electrons. The molecule has 6 heteroatoms. The van der Waals surface area contributed by atoms with Gasteiger partial charge in [0.2, 0.25) is 15.9 Å². The molecule has 3 rings (SSSR count). The first-order valence-electron chi connectivity index (χ1n) is 9.80. The van der Waals surface area contributed by atoms with Gasteiger partial charge in [0, 0.05) is 32.1 Å². The summed E-state index contributed by atoms with van der Waals surface area (Å²) >= 11 is 0. The van der Waals surface area contributed by atoms with Gasteiger partial charge in [0.05, 0.1) is 5.25 Å². The minimum atomic E-state index is -3.08. The molecule has 0 aromatic rings. The van der Waals surface area contributed by atoms with Gasteiger partial charge >= 0.3 is 0 Å². The third-order valence-electron chi connectivity index (χ3n) is 6.02. The fraction of sp³-hybridized carbons (Fsp3) is 0.944. The summed E-state index contributed by atoms with van der Waals surface area (Å²) in [6.07, 6.45) is 9.91. The van der Waals surface area contributed by atoms with Crippen LogP contribution in [-0.4, -0.2) is 55.0 Å². The van der Waals surface area contributed by atoms with E-state index >= 15 is 0 Å². The molecule has 24 heavy (non-hydrogen) atoms. The number of hydrogen-bond donors (Lipinski definition) is 0. The van der Waals surface area contributed by atoms with Crippen LogP contribution in [0.4, 0.5) is 0 Å². The number of hydrogen-bond acceptors (Lipinski definition) is 3. The zero-order chi connectivity index (χ0) is 17.2. The molecule has 0 aromatic carbocycles. The van der Waals surface area contributed by atoms with E-state index < -0.39 is 10.0 Å². The Bertz CT molecular complexity index is 528. The first-order chi connectivity index (χ1) is 11.5. The molecule has 3 fully saturated rings. The van der Waals surface area contributed by atoms with Crippen molar-refractivity contribution in [3.63, 3.8) is 0 Å². The Kier molecular flexibility index (Phi) is 5.85. The lowest BCUT2D eigenvalue weighted by molar-refractivity contribution is -0.138. The number of carbonyl (C=O) groups excluding carboxylic acids is 1. The highest BCUT2D eigenvalue weighted by molar-refractivity contribution is 7.90. The summed E-state index contributed by atoms with van der Waals surface area (Å²) in [4.78, 5) is 14.6. The molecule has 2 saturated carbocycles. The Morgan fingerprint density at radius 1 is 0.958 bits per heavy atom. The lowest BCUT2D eigenvalue weighted by atomic mass is 9.79. The van der Waals surface area contributed by atoms with Crippen LogP contribution in [0.1, 0.15) is 64.7 Å². The summed E-state index contributed by atoms with van der Waals surface area (Å²) in [5.41, 5.74) is 0. The monoisotopic (exact) mass is 356 g/mol. The molecule has 1 amide bonds.